The van der Waals surface area contributed by atoms with Crippen molar-refractivity contribution in [2.45, 2.75) is 0 Å². The fourth-order valence-electron chi connectivity index (χ4n) is 1.40. The zero-order valence-electron chi connectivity index (χ0n) is 7.82. The Balaban J connectivity index is 2.79. The molecular formula is C8H4N3O4Tl. The molecule has 8 heteroatoms. The molecule has 2 aromatic rings. The first-order valence-corrected chi connectivity index (χ1v) is 6.17. The zero-order chi connectivity index (χ0) is 11.9. The molecule has 0 saturated carbocycles. The van der Waals surface area contributed by atoms with Crippen LogP contribution in [0.2, 0.25) is 0 Å². The molecule has 1 heterocycles. The van der Waals surface area contributed by atoms with E-state index in [0.717, 1.165) is 0 Å². The van der Waals surface area contributed by atoms with Crippen molar-refractivity contribution < 1.29 is 14.8 Å². The molecule has 16 heavy (non-hydrogen) atoms. The molecule has 78 valence electrons. The van der Waals surface area contributed by atoms with E-state index in [4.69, 9.17) is 5.11 Å². The standard InChI is InChI=1S/C8H5N3O4.Tl/c12-8(13)7-5-3-4(11(14)15)1-2-6(5)9-10-7;/h1-3H,(H2,9,10,12,13);/q;+1/p-1. The number of aromatic nitrogens is 2. The summed E-state index contributed by atoms with van der Waals surface area (Å²) in [5.74, 6) is -1.18. The summed E-state index contributed by atoms with van der Waals surface area (Å²) >= 11 is 0.307. The molecule has 0 saturated heterocycles. The number of carbonyl (C=O) groups is 1. The Morgan fingerprint density at radius 3 is 2.81 bits per heavy atom. The van der Waals surface area contributed by atoms with Gasteiger partial charge in [-0.2, -0.15) is 0 Å². The minimum atomic E-state index is -1.18. The SMILES string of the molecule is O=C(O)c1n[n]([Tl])c2ccc([N+](=O)[O-])cc12. The predicted molar refractivity (Wildman–Crippen MR) is 54.5 cm³/mol. The number of benzene rings is 1. The van der Waals surface area contributed by atoms with E-state index in [-0.39, 0.29) is 11.4 Å². The van der Waals surface area contributed by atoms with Crippen LogP contribution in [0.1, 0.15) is 10.5 Å². The summed E-state index contributed by atoms with van der Waals surface area (Å²) in [7, 11) is 0. The van der Waals surface area contributed by atoms with Crippen LogP contribution in [0, 0.1) is 10.1 Å². The molecule has 1 N–H and O–H groups in total. The number of nitro benzene ring substituents is 1. The predicted octanol–water partition coefficient (Wildman–Crippen LogP) is 0.574. The Morgan fingerprint density at radius 2 is 2.25 bits per heavy atom. The van der Waals surface area contributed by atoms with E-state index >= 15 is 0 Å². The Labute approximate surface area is 105 Å². The zero-order valence-corrected chi connectivity index (χ0v) is 12.3. The number of fused-ring (bicyclic) bond motifs is 1. The fourth-order valence-corrected chi connectivity index (χ4v) is 2.72. The summed E-state index contributed by atoms with van der Waals surface area (Å²) in [4.78, 5) is 20.9. The van der Waals surface area contributed by atoms with Crippen molar-refractivity contribution in [1.29, 1.82) is 0 Å². The van der Waals surface area contributed by atoms with E-state index in [1.165, 1.54) is 18.2 Å². The molecular weight excluding hydrogens is 406 g/mol. The van der Waals surface area contributed by atoms with Crippen LogP contribution in [0.15, 0.2) is 18.2 Å². The van der Waals surface area contributed by atoms with Crippen molar-refractivity contribution in [3.8, 4) is 0 Å². The van der Waals surface area contributed by atoms with Crippen molar-refractivity contribution in [3.63, 3.8) is 0 Å². The van der Waals surface area contributed by atoms with Gasteiger partial charge < -0.3 is 0 Å². The van der Waals surface area contributed by atoms with Crippen molar-refractivity contribution in [3.05, 3.63) is 34.0 Å². The number of nitrogens with zero attached hydrogens (tertiary/aromatic N) is 3. The summed E-state index contributed by atoms with van der Waals surface area (Å²) in [6.45, 7) is 0. The number of rotatable bonds is 2. The van der Waals surface area contributed by atoms with E-state index < -0.39 is 10.9 Å². The maximum absolute atomic E-state index is 10.9. The topological polar surface area (TPSA) is 98.3 Å². The van der Waals surface area contributed by atoms with Crippen LogP contribution in [0.4, 0.5) is 5.69 Å². The van der Waals surface area contributed by atoms with Gasteiger partial charge in [0.15, 0.2) is 0 Å². The summed E-state index contributed by atoms with van der Waals surface area (Å²) < 4.78 is 1.54. The molecule has 2 rings (SSSR count). The second kappa shape index (κ2) is 3.81. The van der Waals surface area contributed by atoms with Gasteiger partial charge in [0.25, 0.3) is 0 Å². The van der Waals surface area contributed by atoms with Gasteiger partial charge in [0.1, 0.15) is 0 Å². The molecule has 0 amide bonds. The average molecular weight is 411 g/mol. The van der Waals surface area contributed by atoms with Gasteiger partial charge in [-0.1, -0.05) is 0 Å². The Morgan fingerprint density at radius 1 is 1.56 bits per heavy atom. The van der Waals surface area contributed by atoms with Crippen molar-refractivity contribution in [2.24, 2.45) is 0 Å². The van der Waals surface area contributed by atoms with Crippen molar-refractivity contribution >= 4 is 48.6 Å². The third-order valence-corrected chi connectivity index (χ3v) is 3.63. The van der Waals surface area contributed by atoms with Gasteiger partial charge in [0.2, 0.25) is 0 Å². The number of carboxylic acids is 1. The molecule has 0 radical (unpaired) electrons. The molecule has 0 atom stereocenters. The van der Waals surface area contributed by atoms with Crippen molar-refractivity contribution in [1.82, 2.24) is 7.59 Å². The summed E-state index contributed by atoms with van der Waals surface area (Å²) in [6, 6.07) is 4.10. The molecule has 0 aliphatic heterocycles. The average Bonchev–Trinajstić information content (AvgIpc) is 2.56. The monoisotopic (exact) mass is 411 g/mol. The number of hydrogen-bond donors (Lipinski definition) is 1. The van der Waals surface area contributed by atoms with Crippen LogP contribution in [-0.4, -0.2) is 49.7 Å². The van der Waals surface area contributed by atoms with Gasteiger partial charge in [-0.05, 0) is 0 Å². The summed E-state index contributed by atoms with van der Waals surface area (Å²) in [5, 5.41) is 23.6. The molecule has 0 spiro atoms. The minimum absolute atomic E-state index is 0.131. The first-order valence-electron chi connectivity index (χ1n) is 4.16. The molecule has 0 unspecified atom stereocenters. The molecule has 1 aromatic carbocycles. The molecule has 7 nitrogen and oxygen atoms in total. The first-order chi connectivity index (χ1) is 7.50. The van der Waals surface area contributed by atoms with Gasteiger partial charge in [0, 0.05) is 0 Å². The maximum atomic E-state index is 10.9. The van der Waals surface area contributed by atoms with E-state index in [1.54, 1.807) is 2.49 Å². The molecule has 0 aliphatic rings. The summed E-state index contributed by atoms with van der Waals surface area (Å²) in [5.41, 5.74) is 0.349. The van der Waals surface area contributed by atoms with Gasteiger partial charge in [-0.25, -0.2) is 0 Å². The van der Waals surface area contributed by atoms with E-state index in [0.29, 0.717) is 37.0 Å². The van der Waals surface area contributed by atoms with Crippen LogP contribution in [0.25, 0.3) is 10.9 Å². The number of non-ortho nitro benzene ring substituents is 1. The van der Waals surface area contributed by atoms with Crippen LogP contribution in [0.5, 0.6) is 0 Å². The van der Waals surface area contributed by atoms with Crippen LogP contribution in [0.3, 0.4) is 0 Å². The molecule has 0 fully saturated rings. The number of hydrogen-bond acceptors (Lipinski definition) is 4. The van der Waals surface area contributed by atoms with E-state index in [2.05, 4.69) is 5.10 Å². The second-order valence-electron chi connectivity index (χ2n) is 3.06. The second-order valence-corrected chi connectivity index (χ2v) is 4.96. The number of nitro groups is 1. The third-order valence-electron chi connectivity index (χ3n) is 2.10. The summed E-state index contributed by atoms with van der Waals surface area (Å²) in [6.07, 6.45) is 0. The van der Waals surface area contributed by atoms with Crippen molar-refractivity contribution in [2.75, 3.05) is 0 Å². The van der Waals surface area contributed by atoms with Crippen LogP contribution in [-0.2, 0) is 0 Å². The third kappa shape index (κ3) is 1.66. The molecule has 0 bridgehead atoms. The molecule has 0 aliphatic carbocycles. The number of aromatic carboxylic acids is 1. The Kier molecular flexibility index (Phi) is 2.61. The van der Waals surface area contributed by atoms with Crippen LogP contribution < -0.4 is 0 Å². The Hall–Kier alpha value is -1.52. The normalized spacial score (nSPS) is 10.4. The van der Waals surface area contributed by atoms with Gasteiger partial charge >= 0.3 is 105 Å². The quantitative estimate of drug-likeness (QED) is 0.444. The van der Waals surface area contributed by atoms with Gasteiger partial charge in [-0.3, -0.25) is 0 Å². The van der Waals surface area contributed by atoms with E-state index in [9.17, 15) is 14.9 Å². The first kappa shape index (κ1) is 11.0. The fraction of sp³-hybridized carbons (Fsp3) is 0. The number of carboxylic acid groups (broad SMARTS) is 1. The van der Waals surface area contributed by atoms with Crippen LogP contribution >= 0.6 is 0 Å². The van der Waals surface area contributed by atoms with E-state index in [1.807, 2.05) is 0 Å². The molecule has 1 aromatic heterocycles. The Bertz CT molecular complexity index is 607. The van der Waals surface area contributed by atoms with Gasteiger partial charge in [-0.15, -0.1) is 0 Å². The van der Waals surface area contributed by atoms with Gasteiger partial charge in [0.05, 0.1) is 0 Å².